The molecule has 4 heteroatoms. The van der Waals surface area contributed by atoms with Crippen LogP contribution in [0.2, 0.25) is 0 Å². The van der Waals surface area contributed by atoms with E-state index in [1.165, 1.54) is 29.3 Å². The average Bonchev–Trinajstić information content (AvgIpc) is 2.87. The van der Waals surface area contributed by atoms with Gasteiger partial charge in [0.25, 0.3) is 0 Å². The Bertz CT molecular complexity index is 702. The van der Waals surface area contributed by atoms with Gasteiger partial charge in [-0.25, -0.2) is 4.99 Å². The van der Waals surface area contributed by atoms with E-state index in [2.05, 4.69) is 49.1 Å². The van der Waals surface area contributed by atoms with E-state index in [0.717, 1.165) is 29.8 Å². The van der Waals surface area contributed by atoms with Gasteiger partial charge in [-0.05, 0) is 62.0 Å². The lowest BCUT2D eigenvalue weighted by molar-refractivity contribution is -0.117. The van der Waals surface area contributed by atoms with Crippen LogP contribution in [-0.4, -0.2) is 16.7 Å². The van der Waals surface area contributed by atoms with Gasteiger partial charge in [0.1, 0.15) is 5.84 Å². The fraction of sp³-hybridized carbons (Fsp3) is 0.444. The molecular formula is C18H25N3O. The lowest BCUT2D eigenvalue weighted by atomic mass is 10.0. The number of aliphatic imine (C=N–C) groups is 1. The molecule has 0 unspecified atom stereocenters. The summed E-state index contributed by atoms with van der Waals surface area (Å²) in [6.07, 6.45) is 4.01. The molecule has 1 aliphatic heterocycles. The summed E-state index contributed by atoms with van der Waals surface area (Å²) in [7, 11) is 0. The number of aromatic nitrogens is 1. The van der Waals surface area contributed by atoms with Crippen molar-refractivity contribution in [1.82, 2.24) is 10.3 Å². The van der Waals surface area contributed by atoms with Gasteiger partial charge in [0.2, 0.25) is 5.91 Å². The summed E-state index contributed by atoms with van der Waals surface area (Å²) >= 11 is 0. The molecule has 2 N–H and O–H groups in total. The number of amides is 1. The van der Waals surface area contributed by atoms with Crippen LogP contribution in [0.4, 0.5) is 0 Å². The summed E-state index contributed by atoms with van der Waals surface area (Å²) in [6, 6.07) is 0. The van der Waals surface area contributed by atoms with E-state index >= 15 is 0 Å². The molecule has 1 aromatic rings. The molecule has 2 rings (SSSR count). The molecule has 0 saturated carbocycles. The molecule has 4 nitrogen and oxygen atoms in total. The van der Waals surface area contributed by atoms with E-state index in [1.807, 2.05) is 6.92 Å². The van der Waals surface area contributed by atoms with Gasteiger partial charge in [0, 0.05) is 18.3 Å². The highest BCUT2D eigenvalue weighted by molar-refractivity contribution is 6.10. The van der Waals surface area contributed by atoms with Crippen molar-refractivity contribution in [2.24, 2.45) is 4.99 Å². The first-order valence-electron chi connectivity index (χ1n) is 7.85. The molecule has 0 spiro atoms. The van der Waals surface area contributed by atoms with Crippen molar-refractivity contribution in [2.45, 2.75) is 54.4 Å². The monoisotopic (exact) mass is 299 g/mol. The Hall–Kier alpha value is -2.10. The summed E-state index contributed by atoms with van der Waals surface area (Å²) in [5.74, 6) is 0.585. The largest absolute Gasteiger partial charge is 0.359 e. The SMILES string of the molecule is CCC1=C(C)C(NC(C)=O)=N/C1=C\c1[nH]c(C)c(CC)c1C. The normalized spacial score (nSPS) is 16.5. The Morgan fingerprint density at radius 3 is 2.41 bits per heavy atom. The number of rotatable bonds is 3. The highest BCUT2D eigenvalue weighted by Crippen LogP contribution is 2.30. The maximum Gasteiger partial charge on any atom is 0.222 e. The lowest BCUT2D eigenvalue weighted by Gasteiger charge is -2.03. The van der Waals surface area contributed by atoms with E-state index in [9.17, 15) is 4.79 Å². The zero-order valence-corrected chi connectivity index (χ0v) is 14.3. The van der Waals surface area contributed by atoms with Crippen LogP contribution < -0.4 is 5.32 Å². The Morgan fingerprint density at radius 2 is 1.91 bits per heavy atom. The molecule has 0 aliphatic carbocycles. The highest BCUT2D eigenvalue weighted by Gasteiger charge is 2.20. The highest BCUT2D eigenvalue weighted by atomic mass is 16.1. The number of carbonyl (C=O) groups is 1. The zero-order valence-electron chi connectivity index (χ0n) is 14.3. The van der Waals surface area contributed by atoms with Gasteiger partial charge >= 0.3 is 0 Å². The van der Waals surface area contributed by atoms with Gasteiger partial charge in [-0.3, -0.25) is 4.79 Å². The molecule has 1 amide bonds. The van der Waals surface area contributed by atoms with Crippen LogP contribution in [0.25, 0.3) is 6.08 Å². The molecule has 0 atom stereocenters. The van der Waals surface area contributed by atoms with Gasteiger partial charge in [-0.15, -0.1) is 0 Å². The Morgan fingerprint density at radius 1 is 1.23 bits per heavy atom. The lowest BCUT2D eigenvalue weighted by Crippen LogP contribution is -2.27. The Kier molecular flexibility index (Phi) is 4.69. The van der Waals surface area contributed by atoms with E-state index in [4.69, 9.17) is 0 Å². The molecule has 1 aliphatic rings. The molecule has 1 aromatic heterocycles. The number of aryl methyl sites for hydroxylation is 1. The van der Waals surface area contributed by atoms with Crippen LogP contribution in [-0.2, 0) is 11.2 Å². The first-order valence-corrected chi connectivity index (χ1v) is 7.85. The van der Waals surface area contributed by atoms with Gasteiger partial charge in [0.15, 0.2) is 0 Å². The van der Waals surface area contributed by atoms with Crippen molar-refractivity contribution >= 4 is 17.8 Å². The minimum atomic E-state index is -0.0880. The summed E-state index contributed by atoms with van der Waals surface area (Å²) in [5, 5.41) is 2.82. The fourth-order valence-electron chi connectivity index (χ4n) is 3.09. The number of nitrogens with zero attached hydrogens (tertiary/aromatic N) is 1. The third kappa shape index (κ3) is 2.91. The number of allylic oxidation sites excluding steroid dienone is 1. The third-order valence-electron chi connectivity index (χ3n) is 4.26. The van der Waals surface area contributed by atoms with E-state index < -0.39 is 0 Å². The third-order valence-corrected chi connectivity index (χ3v) is 4.26. The molecule has 0 bridgehead atoms. The number of nitrogens with one attached hydrogen (secondary N) is 2. The average molecular weight is 299 g/mol. The smallest absolute Gasteiger partial charge is 0.222 e. The van der Waals surface area contributed by atoms with Crippen molar-refractivity contribution in [3.05, 3.63) is 39.4 Å². The number of hydrogen-bond donors (Lipinski definition) is 2. The molecule has 22 heavy (non-hydrogen) atoms. The van der Waals surface area contributed by atoms with Crippen molar-refractivity contribution < 1.29 is 4.79 Å². The van der Waals surface area contributed by atoms with Crippen molar-refractivity contribution in [2.75, 3.05) is 0 Å². The number of amidine groups is 1. The molecular weight excluding hydrogens is 274 g/mol. The molecule has 0 fully saturated rings. The van der Waals surface area contributed by atoms with Crippen molar-refractivity contribution in [1.29, 1.82) is 0 Å². The van der Waals surface area contributed by atoms with Crippen LogP contribution in [0, 0.1) is 13.8 Å². The van der Waals surface area contributed by atoms with Crippen LogP contribution in [0.15, 0.2) is 21.8 Å². The van der Waals surface area contributed by atoms with Crippen molar-refractivity contribution in [3.63, 3.8) is 0 Å². The van der Waals surface area contributed by atoms with Crippen molar-refractivity contribution in [3.8, 4) is 0 Å². The predicted molar refractivity (Wildman–Crippen MR) is 91.9 cm³/mol. The molecule has 0 saturated heterocycles. The number of aromatic amines is 1. The second kappa shape index (κ2) is 6.34. The Balaban J connectivity index is 2.47. The van der Waals surface area contributed by atoms with Gasteiger partial charge in [-0.1, -0.05) is 13.8 Å². The standard InChI is InChI=1S/C18H25N3O/c1-7-14-10(3)16(19-12(14)5)9-17-15(8-2)11(4)18(21-17)20-13(6)22/h9,19H,7-8H2,1-6H3,(H,20,21,22)/b17-9-. The maximum absolute atomic E-state index is 11.3. The summed E-state index contributed by atoms with van der Waals surface area (Å²) in [4.78, 5) is 19.4. The first-order chi connectivity index (χ1) is 10.4. The fourth-order valence-corrected chi connectivity index (χ4v) is 3.09. The van der Waals surface area contributed by atoms with E-state index in [1.54, 1.807) is 0 Å². The summed E-state index contributed by atoms with van der Waals surface area (Å²) < 4.78 is 0. The first kappa shape index (κ1) is 16.3. The number of H-pyrrole nitrogens is 1. The second-order valence-corrected chi connectivity index (χ2v) is 5.75. The van der Waals surface area contributed by atoms with Crippen LogP contribution in [0.3, 0.4) is 0 Å². The van der Waals surface area contributed by atoms with Crippen LogP contribution in [0.1, 0.15) is 56.6 Å². The molecule has 0 radical (unpaired) electrons. The van der Waals surface area contributed by atoms with E-state index in [-0.39, 0.29) is 5.91 Å². The molecule has 2 heterocycles. The van der Waals surface area contributed by atoms with E-state index in [0.29, 0.717) is 5.84 Å². The van der Waals surface area contributed by atoms with Gasteiger partial charge < -0.3 is 10.3 Å². The van der Waals surface area contributed by atoms with Crippen LogP contribution >= 0.6 is 0 Å². The second-order valence-electron chi connectivity index (χ2n) is 5.75. The van der Waals surface area contributed by atoms with Crippen LogP contribution in [0.5, 0.6) is 0 Å². The summed E-state index contributed by atoms with van der Waals surface area (Å²) in [6.45, 7) is 12.1. The quantitative estimate of drug-likeness (QED) is 0.876. The zero-order chi connectivity index (χ0) is 16.4. The summed E-state index contributed by atoms with van der Waals surface area (Å²) in [5.41, 5.74) is 8.16. The number of carbonyl (C=O) groups excluding carboxylic acids is 1. The maximum atomic E-state index is 11.3. The minimum Gasteiger partial charge on any atom is -0.359 e. The van der Waals surface area contributed by atoms with Gasteiger partial charge in [-0.2, -0.15) is 0 Å². The topological polar surface area (TPSA) is 57.2 Å². The predicted octanol–water partition coefficient (Wildman–Crippen LogP) is 3.81. The molecule has 118 valence electrons. The Labute approximate surface area is 132 Å². The number of hydrogen-bond acceptors (Lipinski definition) is 2. The van der Waals surface area contributed by atoms with Gasteiger partial charge in [0.05, 0.1) is 5.70 Å². The molecule has 0 aromatic carbocycles. The minimum absolute atomic E-state index is 0.0880.